The molecule has 94 heavy (non-hydrogen) atoms. The summed E-state index contributed by atoms with van der Waals surface area (Å²) < 4.78 is 130. The molecule has 5 rings (SSSR count). The summed E-state index contributed by atoms with van der Waals surface area (Å²) in [4.78, 5) is 0. The fraction of sp³-hybridized carbons (Fsp3) is 0.676. The summed E-state index contributed by atoms with van der Waals surface area (Å²) in [7, 11) is -18.2. The van der Waals surface area contributed by atoms with Gasteiger partial charge in [-0.15, -0.1) is 0 Å². The highest BCUT2D eigenvalue weighted by Gasteiger charge is 2.56. The molecule has 1 aliphatic rings. The summed E-state index contributed by atoms with van der Waals surface area (Å²) in [5.41, 5.74) is 4.78. The van der Waals surface area contributed by atoms with Crippen molar-refractivity contribution in [1.29, 1.82) is 0 Å². The van der Waals surface area contributed by atoms with E-state index in [1.54, 1.807) is 135 Å². The van der Waals surface area contributed by atoms with Crippen LogP contribution in [0.5, 0.6) is 23.0 Å². The van der Waals surface area contributed by atoms with Gasteiger partial charge in [-0.25, -0.2) is 0 Å². The lowest BCUT2D eigenvalue weighted by molar-refractivity contribution is 0.120. The number of aromatic hydroxyl groups is 2. The van der Waals surface area contributed by atoms with Crippen molar-refractivity contribution in [1.82, 2.24) is 0 Å². The third kappa shape index (κ3) is 24.5. The van der Waals surface area contributed by atoms with Gasteiger partial charge in [0.05, 0.1) is 62.0 Å². The first-order chi connectivity index (χ1) is 44.4. The van der Waals surface area contributed by atoms with Gasteiger partial charge in [-0.2, -0.15) is 0 Å². The number of phenolic OH excluding ortho intramolecular Hbond substituents is 2. The van der Waals surface area contributed by atoms with Crippen LogP contribution in [0.15, 0.2) is 60.7 Å². The number of hydrogen-bond donors (Lipinski definition) is 2. The summed E-state index contributed by atoms with van der Waals surface area (Å²) in [6, 6.07) is 18.4. The van der Waals surface area contributed by atoms with Crippen molar-refractivity contribution in [3.05, 3.63) is 116 Å². The van der Waals surface area contributed by atoms with E-state index in [1.165, 1.54) is 51.4 Å². The van der Waals surface area contributed by atoms with Gasteiger partial charge in [0.2, 0.25) is 0 Å². The first-order valence-corrected chi connectivity index (χ1v) is 41.8. The van der Waals surface area contributed by atoms with Crippen LogP contribution in [0.25, 0.3) is 0 Å². The zero-order valence-electron chi connectivity index (χ0n) is 60.5. The van der Waals surface area contributed by atoms with Gasteiger partial charge in [0.25, 0.3) is 0 Å². The first-order valence-electron chi connectivity index (χ1n) is 35.4. The molecule has 0 fully saturated rings. The number of rotatable bonds is 42. The second-order valence-electron chi connectivity index (χ2n) is 27.7. The average Bonchev–Trinajstić information content (AvgIpc) is 0.755. The third-order valence-corrected chi connectivity index (χ3v) is 28.3. The van der Waals surface area contributed by atoms with E-state index in [4.69, 9.17) is 45.7 Å². The minimum absolute atomic E-state index is 0.0471. The number of unbranched alkanes of at least 4 members (excludes halogenated alkanes) is 14. The van der Waals surface area contributed by atoms with E-state index in [2.05, 4.69) is 13.8 Å². The van der Waals surface area contributed by atoms with E-state index < -0.39 is 90.0 Å². The number of ether oxygens (including phenoxy) is 2. The minimum Gasteiger partial charge on any atom is -0.507 e. The quantitative estimate of drug-likeness (QED) is 0.0276. The number of benzene rings is 4. The molecule has 0 aliphatic heterocycles. The van der Waals surface area contributed by atoms with Gasteiger partial charge in [-0.1, -0.05) is 164 Å². The van der Waals surface area contributed by atoms with Crippen molar-refractivity contribution in [2.75, 3.05) is 13.2 Å². The zero-order chi connectivity index (χ0) is 69.6. The highest BCUT2D eigenvalue weighted by Crippen LogP contribution is 2.81. The molecule has 532 valence electrons. The van der Waals surface area contributed by atoms with Crippen LogP contribution in [0.3, 0.4) is 0 Å². The second-order valence-corrected chi connectivity index (χ2v) is 36.6. The van der Waals surface area contributed by atoms with E-state index >= 15 is 18.3 Å². The monoisotopic (exact) mass is 1390 g/mol. The Morgan fingerprint density at radius 2 is 0.521 bits per heavy atom. The molecule has 16 nitrogen and oxygen atoms in total. The first kappa shape index (κ1) is 81.4. The summed E-state index contributed by atoms with van der Waals surface area (Å²) in [6.45, 7) is 33.0. The molecule has 20 heteroatoms. The maximum Gasteiger partial charge on any atom is 0.350 e. The van der Waals surface area contributed by atoms with Crippen LogP contribution in [-0.2, 0) is 80.1 Å². The highest BCUT2D eigenvalue weighted by atomic mass is 31.2. The van der Waals surface area contributed by atoms with Gasteiger partial charge in [0.15, 0.2) is 10.8 Å². The van der Waals surface area contributed by atoms with Crippen LogP contribution in [0.2, 0.25) is 0 Å². The number of phenols is 2. The van der Waals surface area contributed by atoms with Crippen molar-refractivity contribution in [3.8, 4) is 23.0 Å². The van der Waals surface area contributed by atoms with Gasteiger partial charge >= 0.3 is 30.4 Å². The molecule has 0 amide bonds. The fourth-order valence-corrected chi connectivity index (χ4v) is 24.2. The zero-order valence-corrected chi connectivity index (χ0v) is 64.1. The van der Waals surface area contributed by atoms with Crippen molar-refractivity contribution in [2.24, 2.45) is 0 Å². The smallest absolute Gasteiger partial charge is 0.350 e. The number of fused-ring (bicyclic) bond motifs is 8. The Hall–Kier alpha value is -3.32. The minimum atomic E-state index is -4.55. The highest BCUT2D eigenvalue weighted by molar-refractivity contribution is 7.72. The lowest BCUT2D eigenvalue weighted by Crippen LogP contribution is -2.19. The Bertz CT molecular complexity index is 2720. The molecule has 0 radical (unpaired) electrons. The van der Waals surface area contributed by atoms with E-state index in [0.29, 0.717) is 69.2 Å². The summed E-state index contributed by atoms with van der Waals surface area (Å²) in [6.07, 6.45) is 12.2. The Morgan fingerprint density at radius 3 is 0.723 bits per heavy atom. The number of para-hydroxylation sites is 2. The van der Waals surface area contributed by atoms with Gasteiger partial charge in [0.1, 0.15) is 23.0 Å². The van der Waals surface area contributed by atoms with E-state index in [0.717, 1.165) is 51.4 Å². The topological polar surface area (TPSA) is 201 Å². The maximum atomic E-state index is 16.1. The van der Waals surface area contributed by atoms with Crippen LogP contribution in [0.1, 0.15) is 294 Å². The Kier molecular flexibility index (Phi) is 33.7. The molecule has 0 saturated heterocycles. The summed E-state index contributed by atoms with van der Waals surface area (Å²) in [5.74, 6) is 0.921. The summed E-state index contributed by atoms with van der Waals surface area (Å²) >= 11 is 0. The van der Waals surface area contributed by atoms with Crippen molar-refractivity contribution >= 4 is 30.4 Å². The lowest BCUT2D eigenvalue weighted by atomic mass is 9.90. The predicted molar refractivity (Wildman–Crippen MR) is 382 cm³/mol. The second kappa shape index (κ2) is 38.9. The lowest BCUT2D eigenvalue weighted by Gasteiger charge is -2.36. The van der Waals surface area contributed by atoms with Gasteiger partial charge in [0, 0.05) is 25.7 Å². The molecule has 0 saturated carbocycles. The van der Waals surface area contributed by atoms with E-state index in [9.17, 15) is 10.2 Å². The molecule has 0 aromatic heterocycles. The van der Waals surface area contributed by atoms with E-state index in [-0.39, 0.29) is 48.3 Å². The van der Waals surface area contributed by atoms with Crippen LogP contribution < -0.4 is 9.47 Å². The summed E-state index contributed by atoms with van der Waals surface area (Å²) in [5, 5.41) is 23.0. The Balaban J connectivity index is 1.96. The van der Waals surface area contributed by atoms with E-state index in [1.807, 2.05) is 36.4 Å². The van der Waals surface area contributed by atoms with Crippen LogP contribution in [0.4, 0.5) is 0 Å². The van der Waals surface area contributed by atoms with Gasteiger partial charge in [-0.05, 0) is 179 Å². The Labute approximate surface area is 566 Å². The molecule has 2 N–H and O–H groups in total. The Morgan fingerprint density at radius 1 is 0.319 bits per heavy atom. The normalized spacial score (nSPS) is 13.7. The third-order valence-electron chi connectivity index (χ3n) is 15.6. The molecule has 0 heterocycles. The van der Waals surface area contributed by atoms with Crippen molar-refractivity contribution in [3.63, 3.8) is 0 Å². The molecule has 8 bridgehead atoms. The standard InChI is InChI=1S/C74H120O16P4/c1-19-21-23-25-27-29-31-33-41-81-71-59-37-35-38-60(71)44-64-48-68(74(93(79,87-55(11)12)88-56(13)14)94(80,89-57(15)16)90-58(17)18)50-66(70(64)76)46-62-40-36-39-61(72(62)82-42-34-32-30-28-26-24-22-20-2)45-65-49-67(47-63(43-59)69(65)75)73(91(77,83-51(3)4)84-52(5)6)92(78,85-53(7)8)86-54(9)10/h35-40,47-58,73-76H,19-34,41-46H2,1-18H3. The molecular weight excluding hydrogens is 1270 g/mol. The molecule has 0 spiro atoms. The van der Waals surface area contributed by atoms with Crippen LogP contribution >= 0.6 is 30.4 Å². The molecule has 4 aromatic carbocycles. The average molecular weight is 1390 g/mol. The number of hydrogen-bond acceptors (Lipinski definition) is 16. The SMILES string of the molecule is CCCCCCCCCCOc1c2cccc1Cc1cc(C(P(=O)(OC(C)C)OC(C)C)P(=O)(OC(C)C)OC(C)C)cc(c1O)Cc1cccc(c1OCCCCCCCCCC)Cc1cc(C(P(=O)(OC(C)C)OC(C)C)P(=O)(OC(C)C)OC(C)C)cc(c1O)C2. The van der Waals surface area contributed by atoms with Gasteiger partial charge in [-0.3, -0.25) is 18.3 Å². The predicted octanol–water partition coefficient (Wildman–Crippen LogP) is 23.0. The van der Waals surface area contributed by atoms with Crippen molar-refractivity contribution in [2.45, 2.75) is 313 Å². The maximum absolute atomic E-state index is 16.1. The van der Waals surface area contributed by atoms with Crippen molar-refractivity contribution < 1.29 is 74.1 Å². The van der Waals surface area contributed by atoms with Crippen LogP contribution in [0, 0.1) is 0 Å². The molecular formula is C74H120O16P4. The molecule has 1 aliphatic carbocycles. The van der Waals surface area contributed by atoms with Gasteiger partial charge < -0.3 is 55.9 Å². The largest absolute Gasteiger partial charge is 0.507 e. The fourth-order valence-electron chi connectivity index (χ4n) is 12.2. The molecule has 0 atom stereocenters. The molecule has 0 unspecified atom stereocenters. The molecule has 4 aromatic rings. The van der Waals surface area contributed by atoms with Crippen LogP contribution in [-0.4, -0.2) is 72.3 Å².